The zero-order chi connectivity index (χ0) is 10.5. The quantitative estimate of drug-likeness (QED) is 0.390. The first-order valence-corrected chi connectivity index (χ1v) is 6.82. The largest absolute Gasteiger partial charge is 2.00 e. The van der Waals surface area contributed by atoms with Crippen molar-refractivity contribution in [1.82, 2.24) is 0 Å². The van der Waals surface area contributed by atoms with Crippen molar-refractivity contribution >= 4 is 18.5 Å². The van der Waals surface area contributed by atoms with Crippen molar-refractivity contribution in [2.75, 3.05) is 6.16 Å². The van der Waals surface area contributed by atoms with Gasteiger partial charge in [0.2, 0.25) is 0 Å². The van der Waals surface area contributed by atoms with Gasteiger partial charge in [0.1, 0.15) is 0 Å². The summed E-state index contributed by atoms with van der Waals surface area (Å²) in [4.78, 5) is 0. The maximum absolute atomic E-state index is 2.27. The van der Waals surface area contributed by atoms with Crippen LogP contribution in [0.3, 0.4) is 0 Å². The minimum absolute atomic E-state index is 0. The first-order valence-electron chi connectivity index (χ1n) is 5.29. The van der Waals surface area contributed by atoms with E-state index in [-0.39, 0.29) is 53.2 Å². The van der Waals surface area contributed by atoms with Crippen LogP contribution in [0.15, 0.2) is 60.7 Å². The van der Waals surface area contributed by atoms with Gasteiger partial charge in [0.05, 0.1) is 0 Å². The molecule has 0 aliphatic carbocycles. The van der Waals surface area contributed by atoms with E-state index in [1.165, 1.54) is 16.8 Å². The summed E-state index contributed by atoms with van der Waals surface area (Å²) in [5.41, 5.74) is 0. The Hall–Kier alpha value is 0.112. The van der Waals surface area contributed by atoms with E-state index in [1.54, 1.807) is 0 Å². The van der Waals surface area contributed by atoms with Gasteiger partial charge in [-0.25, -0.2) is 0 Å². The third-order valence-electron chi connectivity index (χ3n) is 2.45. The smallest absolute Gasteiger partial charge is 1.00 e. The second-order valence-electron chi connectivity index (χ2n) is 3.42. The van der Waals surface area contributed by atoms with E-state index in [2.05, 4.69) is 67.6 Å². The summed E-state index contributed by atoms with van der Waals surface area (Å²) >= 11 is 0. The summed E-state index contributed by atoms with van der Waals surface area (Å²) in [7, 11) is -0.149. The van der Waals surface area contributed by atoms with Gasteiger partial charge in [-0.3, -0.25) is 0 Å². The molecule has 0 N–H and O–H groups in total. The Balaban J connectivity index is 0. The Morgan fingerprint density at radius 1 is 0.722 bits per heavy atom. The standard InChI is InChI=1S/C14H15P.2ClH.Pd/c1-2-15(13-9-5-3-6-10-13)14-11-7-4-8-12-14;;;/h3-12H,2H2,1H3;2*1H;/q;;;+2/p-2. The molecule has 0 atom stereocenters. The van der Waals surface area contributed by atoms with E-state index in [0.29, 0.717) is 0 Å². The zero-order valence-electron chi connectivity index (χ0n) is 10.00. The third-order valence-corrected chi connectivity index (χ3v) is 4.93. The van der Waals surface area contributed by atoms with Gasteiger partial charge >= 0.3 is 20.4 Å². The van der Waals surface area contributed by atoms with Gasteiger partial charge in [0, 0.05) is 0 Å². The van der Waals surface area contributed by atoms with E-state index in [9.17, 15) is 0 Å². The molecule has 100 valence electrons. The molecule has 0 radical (unpaired) electrons. The molecule has 0 fully saturated rings. The second kappa shape index (κ2) is 11.0. The predicted octanol–water partition coefficient (Wildman–Crippen LogP) is -2.86. The van der Waals surface area contributed by atoms with E-state index < -0.39 is 0 Å². The maximum Gasteiger partial charge on any atom is 2.00 e. The molecule has 0 nitrogen and oxygen atoms in total. The summed E-state index contributed by atoms with van der Waals surface area (Å²) < 4.78 is 0. The van der Waals surface area contributed by atoms with E-state index in [4.69, 9.17) is 0 Å². The maximum atomic E-state index is 2.27. The van der Waals surface area contributed by atoms with Gasteiger partial charge in [-0.2, -0.15) is 0 Å². The molecule has 0 bridgehead atoms. The fourth-order valence-corrected chi connectivity index (χ4v) is 3.82. The molecular formula is C14H15Cl2PPd. The topological polar surface area (TPSA) is 0 Å². The molecular weight excluding hydrogens is 376 g/mol. The molecule has 0 amide bonds. The molecule has 0 spiro atoms. The molecule has 2 aromatic rings. The van der Waals surface area contributed by atoms with Crippen LogP contribution in [-0.2, 0) is 20.4 Å². The molecule has 0 saturated carbocycles. The first-order chi connectivity index (χ1) is 7.42. The zero-order valence-corrected chi connectivity index (χ0v) is 14.0. The van der Waals surface area contributed by atoms with Crippen molar-refractivity contribution in [3.8, 4) is 0 Å². The van der Waals surface area contributed by atoms with Crippen LogP contribution in [0.2, 0.25) is 0 Å². The van der Waals surface area contributed by atoms with Crippen LogP contribution in [0, 0.1) is 0 Å². The molecule has 2 aromatic carbocycles. The minimum atomic E-state index is -0.149. The molecule has 0 heterocycles. The van der Waals surface area contributed by atoms with Gasteiger partial charge in [0.25, 0.3) is 0 Å². The van der Waals surface area contributed by atoms with Crippen LogP contribution in [-0.4, -0.2) is 6.16 Å². The molecule has 0 unspecified atom stereocenters. The Labute approximate surface area is 137 Å². The number of benzene rings is 2. The molecule has 0 aromatic heterocycles. The van der Waals surface area contributed by atoms with Gasteiger partial charge < -0.3 is 24.8 Å². The summed E-state index contributed by atoms with van der Waals surface area (Å²) in [6.45, 7) is 2.27. The Morgan fingerprint density at radius 3 is 1.33 bits per heavy atom. The second-order valence-corrected chi connectivity index (χ2v) is 5.94. The van der Waals surface area contributed by atoms with Crippen molar-refractivity contribution < 1.29 is 45.2 Å². The average molecular weight is 392 g/mol. The molecule has 4 heteroatoms. The van der Waals surface area contributed by atoms with Crippen LogP contribution in [0.25, 0.3) is 0 Å². The van der Waals surface area contributed by atoms with Gasteiger partial charge in [-0.1, -0.05) is 67.6 Å². The summed E-state index contributed by atoms with van der Waals surface area (Å²) in [6, 6.07) is 21.6. The van der Waals surface area contributed by atoms with Gasteiger partial charge in [-0.15, -0.1) is 0 Å². The molecule has 0 aliphatic heterocycles. The van der Waals surface area contributed by atoms with Crippen molar-refractivity contribution in [2.45, 2.75) is 6.92 Å². The van der Waals surface area contributed by atoms with Gasteiger partial charge in [0.15, 0.2) is 0 Å². The molecule has 18 heavy (non-hydrogen) atoms. The Kier molecular flexibility index (Phi) is 12.5. The summed E-state index contributed by atoms with van der Waals surface area (Å²) in [5, 5.41) is 2.95. The Morgan fingerprint density at radius 2 is 1.06 bits per heavy atom. The molecule has 0 saturated heterocycles. The van der Waals surface area contributed by atoms with Gasteiger partial charge in [-0.05, 0) is 24.7 Å². The number of hydrogen-bond donors (Lipinski definition) is 0. The Bertz CT molecular complexity index is 369. The summed E-state index contributed by atoms with van der Waals surface area (Å²) in [5.74, 6) is 0. The van der Waals surface area contributed by atoms with Crippen LogP contribution >= 0.6 is 7.92 Å². The monoisotopic (exact) mass is 390 g/mol. The van der Waals surface area contributed by atoms with E-state index >= 15 is 0 Å². The first kappa shape index (κ1) is 20.4. The van der Waals surface area contributed by atoms with Crippen LogP contribution in [0.5, 0.6) is 0 Å². The average Bonchev–Trinajstić information content (AvgIpc) is 2.33. The third kappa shape index (κ3) is 5.40. The predicted molar refractivity (Wildman–Crippen MR) is 69.6 cm³/mol. The van der Waals surface area contributed by atoms with Crippen LogP contribution in [0.4, 0.5) is 0 Å². The number of rotatable bonds is 3. The van der Waals surface area contributed by atoms with E-state index in [1.807, 2.05) is 0 Å². The van der Waals surface area contributed by atoms with E-state index in [0.717, 1.165) is 0 Å². The SMILES string of the molecule is CCP(c1ccccc1)c1ccccc1.[Cl-].[Cl-].[Pd+2]. The number of halogens is 2. The van der Waals surface area contributed by atoms with Crippen molar-refractivity contribution in [2.24, 2.45) is 0 Å². The molecule has 0 aliphatic rings. The van der Waals surface area contributed by atoms with Crippen molar-refractivity contribution in [3.63, 3.8) is 0 Å². The van der Waals surface area contributed by atoms with Crippen molar-refractivity contribution in [3.05, 3.63) is 60.7 Å². The summed E-state index contributed by atoms with van der Waals surface area (Å²) in [6.07, 6.45) is 1.21. The van der Waals surface area contributed by atoms with Crippen LogP contribution < -0.4 is 35.4 Å². The number of hydrogen-bond acceptors (Lipinski definition) is 0. The molecule has 2 rings (SSSR count). The van der Waals surface area contributed by atoms with Crippen LogP contribution in [0.1, 0.15) is 6.92 Å². The van der Waals surface area contributed by atoms with Crippen molar-refractivity contribution in [1.29, 1.82) is 0 Å². The minimum Gasteiger partial charge on any atom is -1.00 e. The normalized spacial score (nSPS) is 8.78. The fourth-order valence-electron chi connectivity index (χ4n) is 1.73. The fraction of sp³-hybridized carbons (Fsp3) is 0.143.